The van der Waals surface area contributed by atoms with Crippen molar-refractivity contribution in [2.45, 2.75) is 9.79 Å². The van der Waals surface area contributed by atoms with E-state index in [1.165, 1.54) is 24.3 Å². The van der Waals surface area contributed by atoms with Crippen molar-refractivity contribution >= 4 is 27.1 Å². The number of amides is 1. The molecule has 0 fully saturated rings. The van der Waals surface area contributed by atoms with Crippen LogP contribution in [0.25, 0.3) is 0 Å². The second kappa shape index (κ2) is 8.18. The molecule has 5 nitrogen and oxygen atoms in total. The Hall–Kier alpha value is -3.26. The molecular weight excluding hydrogens is 386 g/mol. The topological polar surface area (TPSA) is 75.3 Å². The predicted octanol–water partition coefficient (Wildman–Crippen LogP) is 3.85. The van der Waals surface area contributed by atoms with Crippen LogP contribution in [0, 0.1) is 11.6 Å². The third-order valence-electron chi connectivity index (χ3n) is 3.87. The molecule has 2 N–H and O–H groups in total. The first-order valence-corrected chi connectivity index (χ1v) is 9.74. The highest BCUT2D eigenvalue weighted by Crippen LogP contribution is 2.27. The number of para-hydroxylation sites is 1. The van der Waals surface area contributed by atoms with Crippen molar-refractivity contribution in [2.75, 3.05) is 17.2 Å². The quantitative estimate of drug-likeness (QED) is 0.657. The van der Waals surface area contributed by atoms with Crippen LogP contribution in [-0.2, 0) is 14.6 Å². The minimum Gasteiger partial charge on any atom is -0.375 e. The molecule has 144 valence electrons. The maximum Gasteiger partial charge on any atom is 0.243 e. The maximum atomic E-state index is 13.6. The molecule has 0 saturated heterocycles. The molecule has 0 aliphatic carbocycles. The summed E-state index contributed by atoms with van der Waals surface area (Å²) < 4.78 is 52.2. The fraction of sp³-hybridized carbons (Fsp3) is 0.0500. The first-order valence-electron chi connectivity index (χ1n) is 8.26. The van der Waals surface area contributed by atoms with Gasteiger partial charge in [-0.1, -0.05) is 30.3 Å². The van der Waals surface area contributed by atoms with Crippen molar-refractivity contribution in [1.82, 2.24) is 0 Å². The highest BCUT2D eigenvalue weighted by Gasteiger charge is 2.21. The van der Waals surface area contributed by atoms with Crippen LogP contribution in [0.4, 0.5) is 20.2 Å². The number of nitrogens with one attached hydrogen (secondary N) is 2. The lowest BCUT2D eigenvalue weighted by atomic mass is 10.3. The van der Waals surface area contributed by atoms with Crippen LogP contribution in [-0.4, -0.2) is 20.9 Å². The van der Waals surface area contributed by atoms with Gasteiger partial charge in [-0.15, -0.1) is 0 Å². The number of rotatable bonds is 6. The average Bonchev–Trinajstić information content (AvgIpc) is 2.69. The molecule has 0 aliphatic heterocycles. The lowest BCUT2D eigenvalue weighted by Gasteiger charge is -2.13. The van der Waals surface area contributed by atoms with Gasteiger partial charge in [0.2, 0.25) is 15.7 Å². The van der Waals surface area contributed by atoms with Gasteiger partial charge in [0.1, 0.15) is 11.6 Å². The molecule has 0 aromatic heterocycles. The summed E-state index contributed by atoms with van der Waals surface area (Å²) in [5.41, 5.74) is 0.0690. The number of sulfone groups is 1. The van der Waals surface area contributed by atoms with Crippen LogP contribution in [0.15, 0.2) is 82.6 Å². The summed E-state index contributed by atoms with van der Waals surface area (Å²) in [6.45, 7) is -0.307. The van der Waals surface area contributed by atoms with E-state index < -0.39 is 27.4 Å². The molecule has 0 atom stereocenters. The molecule has 0 bridgehead atoms. The summed E-state index contributed by atoms with van der Waals surface area (Å²) in [7, 11) is -3.78. The van der Waals surface area contributed by atoms with E-state index in [2.05, 4.69) is 10.6 Å². The first kappa shape index (κ1) is 19.5. The third kappa shape index (κ3) is 4.34. The first-order chi connectivity index (χ1) is 13.4. The van der Waals surface area contributed by atoms with Crippen molar-refractivity contribution in [3.05, 3.63) is 84.4 Å². The van der Waals surface area contributed by atoms with Crippen molar-refractivity contribution in [3.8, 4) is 0 Å². The van der Waals surface area contributed by atoms with Crippen LogP contribution in [0.5, 0.6) is 0 Å². The standard InChI is InChI=1S/C20H16F2N2O3S/c21-14-10-11-17(16(22)12-14)24-20(25)13-23-18-8-4-5-9-19(18)28(26,27)15-6-2-1-3-7-15/h1-12,23H,13H2,(H,24,25). The highest BCUT2D eigenvalue weighted by atomic mass is 32.2. The van der Waals surface area contributed by atoms with Gasteiger partial charge in [0.15, 0.2) is 0 Å². The fourth-order valence-corrected chi connectivity index (χ4v) is 3.99. The number of hydrogen-bond donors (Lipinski definition) is 2. The van der Waals surface area contributed by atoms with Gasteiger partial charge in [0.05, 0.1) is 27.7 Å². The van der Waals surface area contributed by atoms with Gasteiger partial charge in [-0.2, -0.15) is 0 Å². The van der Waals surface area contributed by atoms with E-state index in [4.69, 9.17) is 0 Å². The monoisotopic (exact) mass is 402 g/mol. The fourth-order valence-electron chi connectivity index (χ4n) is 2.53. The molecule has 0 radical (unpaired) electrons. The van der Waals surface area contributed by atoms with Crippen LogP contribution >= 0.6 is 0 Å². The zero-order chi connectivity index (χ0) is 20.1. The van der Waals surface area contributed by atoms with Gasteiger partial charge in [-0.3, -0.25) is 4.79 Å². The molecule has 3 aromatic rings. The number of halogens is 2. The molecular formula is C20H16F2N2O3S. The summed E-state index contributed by atoms with van der Waals surface area (Å²) >= 11 is 0. The van der Waals surface area contributed by atoms with Crippen LogP contribution in [0.1, 0.15) is 0 Å². The summed E-state index contributed by atoms with van der Waals surface area (Å²) in [5.74, 6) is -2.27. The van der Waals surface area contributed by atoms with E-state index in [-0.39, 0.29) is 27.7 Å². The molecule has 3 aromatic carbocycles. The Balaban J connectivity index is 1.76. The number of carbonyl (C=O) groups is 1. The van der Waals surface area contributed by atoms with Gasteiger partial charge >= 0.3 is 0 Å². The van der Waals surface area contributed by atoms with Crippen molar-refractivity contribution in [2.24, 2.45) is 0 Å². The van der Waals surface area contributed by atoms with Crippen LogP contribution in [0.2, 0.25) is 0 Å². The minimum absolute atomic E-state index is 0.0157. The molecule has 0 saturated carbocycles. The Morgan fingerprint density at radius 3 is 2.25 bits per heavy atom. The second-order valence-corrected chi connectivity index (χ2v) is 7.76. The number of anilines is 2. The lowest BCUT2D eigenvalue weighted by Crippen LogP contribution is -2.23. The Labute approximate surface area is 160 Å². The van der Waals surface area contributed by atoms with Crippen molar-refractivity contribution < 1.29 is 22.0 Å². The van der Waals surface area contributed by atoms with Crippen LogP contribution in [0.3, 0.4) is 0 Å². The summed E-state index contributed by atoms with van der Waals surface area (Å²) in [6.07, 6.45) is 0. The SMILES string of the molecule is O=C(CNc1ccccc1S(=O)(=O)c1ccccc1)Nc1ccc(F)cc1F. The van der Waals surface area contributed by atoms with E-state index >= 15 is 0 Å². The molecule has 0 spiro atoms. The zero-order valence-corrected chi connectivity index (χ0v) is 15.3. The van der Waals surface area contributed by atoms with E-state index in [1.54, 1.807) is 30.3 Å². The van der Waals surface area contributed by atoms with Gasteiger partial charge in [-0.25, -0.2) is 17.2 Å². The van der Waals surface area contributed by atoms with Crippen molar-refractivity contribution in [3.63, 3.8) is 0 Å². The maximum absolute atomic E-state index is 13.6. The van der Waals surface area contributed by atoms with Gasteiger partial charge in [-0.05, 0) is 36.4 Å². The summed E-state index contributed by atoms with van der Waals surface area (Å²) in [6, 6.07) is 16.9. The van der Waals surface area contributed by atoms with E-state index in [0.717, 1.165) is 12.1 Å². The van der Waals surface area contributed by atoms with Gasteiger partial charge in [0.25, 0.3) is 0 Å². The molecule has 8 heteroatoms. The van der Waals surface area contributed by atoms with E-state index in [9.17, 15) is 22.0 Å². The Kier molecular flexibility index (Phi) is 5.70. The second-order valence-electron chi connectivity index (χ2n) is 5.84. The number of hydrogen-bond acceptors (Lipinski definition) is 4. The number of carbonyl (C=O) groups excluding carboxylic acids is 1. The molecule has 0 aliphatic rings. The molecule has 3 rings (SSSR count). The average molecular weight is 402 g/mol. The van der Waals surface area contributed by atoms with E-state index in [1.807, 2.05) is 0 Å². The van der Waals surface area contributed by atoms with Gasteiger partial charge in [0, 0.05) is 6.07 Å². The predicted molar refractivity (Wildman–Crippen MR) is 102 cm³/mol. The molecule has 1 amide bonds. The Morgan fingerprint density at radius 1 is 0.857 bits per heavy atom. The van der Waals surface area contributed by atoms with Crippen molar-refractivity contribution in [1.29, 1.82) is 0 Å². The molecule has 0 heterocycles. The third-order valence-corrected chi connectivity index (χ3v) is 5.70. The Morgan fingerprint density at radius 2 is 1.54 bits per heavy atom. The summed E-state index contributed by atoms with van der Waals surface area (Å²) in [4.78, 5) is 12.2. The molecule has 0 unspecified atom stereocenters. The van der Waals surface area contributed by atoms with Gasteiger partial charge < -0.3 is 10.6 Å². The Bertz CT molecular complexity index is 1100. The number of benzene rings is 3. The highest BCUT2D eigenvalue weighted by molar-refractivity contribution is 7.91. The summed E-state index contributed by atoms with van der Waals surface area (Å²) in [5, 5.41) is 5.06. The van der Waals surface area contributed by atoms with E-state index in [0.29, 0.717) is 6.07 Å². The smallest absolute Gasteiger partial charge is 0.243 e. The normalized spacial score (nSPS) is 11.1. The molecule has 28 heavy (non-hydrogen) atoms. The largest absolute Gasteiger partial charge is 0.375 e. The zero-order valence-electron chi connectivity index (χ0n) is 14.5. The van der Waals surface area contributed by atoms with Crippen LogP contribution < -0.4 is 10.6 Å². The lowest BCUT2D eigenvalue weighted by molar-refractivity contribution is -0.114. The minimum atomic E-state index is -3.78.